The van der Waals surface area contributed by atoms with E-state index in [1.54, 1.807) is 6.20 Å². The Morgan fingerprint density at radius 3 is 2.77 bits per heavy atom. The molecule has 1 saturated carbocycles. The molecule has 2 aliphatic rings. The van der Waals surface area contributed by atoms with Crippen LogP contribution in [0.15, 0.2) is 42.6 Å². The number of benzene rings is 1. The maximum atomic E-state index is 13.4. The molecule has 1 aliphatic heterocycles. The number of nitrogens with one attached hydrogen (secondary N) is 1. The van der Waals surface area contributed by atoms with Gasteiger partial charge < -0.3 is 10.2 Å². The molecule has 136 valence electrons. The largest absolute Gasteiger partial charge is 0.338 e. The van der Waals surface area contributed by atoms with E-state index in [4.69, 9.17) is 0 Å². The zero-order valence-electron chi connectivity index (χ0n) is 15.4. The third kappa shape index (κ3) is 3.33. The summed E-state index contributed by atoms with van der Waals surface area (Å²) in [6.45, 7) is 2.84. The zero-order chi connectivity index (χ0) is 17.9. The fourth-order valence-corrected chi connectivity index (χ4v) is 4.40. The first-order valence-corrected chi connectivity index (χ1v) is 9.87. The number of pyridine rings is 1. The fourth-order valence-electron chi connectivity index (χ4n) is 4.40. The molecule has 2 aromatic rings. The van der Waals surface area contributed by atoms with Gasteiger partial charge in [-0.25, -0.2) is 4.98 Å². The number of nitrogens with zero attached hydrogens (tertiary/aromatic N) is 2. The van der Waals surface area contributed by atoms with E-state index in [1.165, 1.54) is 25.7 Å². The van der Waals surface area contributed by atoms with E-state index in [-0.39, 0.29) is 11.8 Å². The summed E-state index contributed by atoms with van der Waals surface area (Å²) in [7, 11) is 0. The maximum absolute atomic E-state index is 13.4. The van der Waals surface area contributed by atoms with Crippen LogP contribution in [0.3, 0.4) is 0 Å². The van der Waals surface area contributed by atoms with E-state index < -0.39 is 0 Å². The van der Waals surface area contributed by atoms with Gasteiger partial charge in [0.1, 0.15) is 5.82 Å². The number of hydrogen-bond acceptors (Lipinski definition) is 3. The second-order valence-electron chi connectivity index (χ2n) is 7.58. The van der Waals surface area contributed by atoms with Crippen LogP contribution in [0.4, 0.5) is 17.2 Å². The van der Waals surface area contributed by atoms with Gasteiger partial charge in [-0.2, -0.15) is 0 Å². The van der Waals surface area contributed by atoms with Gasteiger partial charge in [0, 0.05) is 17.7 Å². The Kier molecular flexibility index (Phi) is 4.91. The minimum absolute atomic E-state index is 0.148. The van der Waals surface area contributed by atoms with Gasteiger partial charge in [-0.1, -0.05) is 38.0 Å². The summed E-state index contributed by atoms with van der Waals surface area (Å²) in [5, 5.41) is 3.41. The number of carbonyl (C=O) groups excluding carboxylic acids is 1. The first-order valence-electron chi connectivity index (χ1n) is 9.87. The molecule has 4 nitrogen and oxygen atoms in total. The average molecular weight is 349 g/mol. The van der Waals surface area contributed by atoms with Crippen LogP contribution < -0.4 is 10.2 Å². The molecule has 2 heterocycles. The van der Waals surface area contributed by atoms with Crippen molar-refractivity contribution >= 4 is 23.1 Å². The summed E-state index contributed by atoms with van der Waals surface area (Å²) in [6.07, 6.45) is 8.77. The number of rotatable bonds is 3. The van der Waals surface area contributed by atoms with Crippen molar-refractivity contribution in [2.75, 3.05) is 10.2 Å². The topological polar surface area (TPSA) is 45.2 Å². The third-order valence-electron chi connectivity index (χ3n) is 5.83. The molecule has 1 fully saturated rings. The van der Waals surface area contributed by atoms with Crippen LogP contribution >= 0.6 is 0 Å². The molecule has 0 unspecified atom stereocenters. The molecular weight excluding hydrogens is 322 g/mol. The van der Waals surface area contributed by atoms with E-state index in [0.717, 1.165) is 41.5 Å². The van der Waals surface area contributed by atoms with Crippen LogP contribution in [-0.4, -0.2) is 10.9 Å². The van der Waals surface area contributed by atoms with Crippen LogP contribution in [0, 0.1) is 11.8 Å². The number of amides is 1. The predicted molar refractivity (Wildman–Crippen MR) is 106 cm³/mol. The Balaban J connectivity index is 1.60. The van der Waals surface area contributed by atoms with Crippen molar-refractivity contribution in [2.45, 2.75) is 52.0 Å². The first kappa shape index (κ1) is 17.1. The summed E-state index contributed by atoms with van der Waals surface area (Å²) in [6, 6.07) is 12.1. The second-order valence-corrected chi connectivity index (χ2v) is 7.58. The number of carbonyl (C=O) groups is 1. The normalized spacial score (nSPS) is 22.0. The lowest BCUT2D eigenvalue weighted by molar-refractivity contribution is -0.123. The van der Waals surface area contributed by atoms with E-state index in [9.17, 15) is 4.79 Å². The lowest BCUT2D eigenvalue weighted by atomic mass is 9.79. The summed E-state index contributed by atoms with van der Waals surface area (Å²) in [5.41, 5.74) is 2.99. The standard InChI is InChI=1S/C22H27N3O/c1-2-6-16-10-12-17(13-11-16)22(26)25-15-18-7-5-14-23-21(18)24-19-8-3-4-9-20(19)25/h3-5,7-9,14,16-17H,2,6,10-13,15H2,1H3,(H,23,24)/t16-,17-. The van der Waals surface area contributed by atoms with Gasteiger partial charge in [0.05, 0.1) is 17.9 Å². The molecule has 1 aromatic heterocycles. The van der Waals surface area contributed by atoms with Gasteiger partial charge >= 0.3 is 0 Å². The Labute approximate surface area is 155 Å². The molecular formula is C22H27N3O. The van der Waals surface area contributed by atoms with Gasteiger partial charge in [0.15, 0.2) is 0 Å². The van der Waals surface area contributed by atoms with Crippen molar-refractivity contribution in [3.63, 3.8) is 0 Å². The molecule has 4 rings (SSSR count). The molecule has 1 aliphatic carbocycles. The maximum Gasteiger partial charge on any atom is 0.230 e. The Morgan fingerprint density at radius 2 is 1.96 bits per heavy atom. The molecule has 0 atom stereocenters. The number of aromatic nitrogens is 1. The monoisotopic (exact) mass is 349 g/mol. The molecule has 1 N–H and O–H groups in total. The van der Waals surface area contributed by atoms with Crippen LogP contribution in [0.25, 0.3) is 0 Å². The highest BCUT2D eigenvalue weighted by molar-refractivity contribution is 5.99. The molecule has 1 aromatic carbocycles. The lowest BCUT2D eigenvalue weighted by Gasteiger charge is -2.32. The van der Waals surface area contributed by atoms with Crippen LogP contribution in [0.2, 0.25) is 0 Å². The summed E-state index contributed by atoms with van der Waals surface area (Å²) in [5.74, 6) is 2.08. The van der Waals surface area contributed by atoms with Gasteiger partial charge in [-0.05, 0) is 49.8 Å². The highest BCUT2D eigenvalue weighted by Crippen LogP contribution is 2.38. The Hall–Kier alpha value is -2.36. The van der Waals surface area contributed by atoms with Crippen LogP contribution in [0.5, 0.6) is 0 Å². The summed E-state index contributed by atoms with van der Waals surface area (Å²) >= 11 is 0. The Bertz CT molecular complexity index is 780. The van der Waals surface area contributed by atoms with Crippen LogP contribution in [0.1, 0.15) is 51.0 Å². The van der Waals surface area contributed by atoms with Crippen molar-refractivity contribution in [3.8, 4) is 0 Å². The zero-order valence-corrected chi connectivity index (χ0v) is 15.4. The van der Waals surface area contributed by atoms with Gasteiger partial charge in [0.2, 0.25) is 5.91 Å². The molecule has 0 spiro atoms. The first-order chi connectivity index (χ1) is 12.8. The molecule has 1 amide bonds. The van der Waals surface area contributed by atoms with Gasteiger partial charge in [-0.3, -0.25) is 4.79 Å². The average Bonchev–Trinajstić information content (AvgIpc) is 2.85. The number of hydrogen-bond donors (Lipinski definition) is 1. The lowest BCUT2D eigenvalue weighted by Crippen LogP contribution is -2.37. The van der Waals surface area contributed by atoms with E-state index in [2.05, 4.69) is 23.3 Å². The van der Waals surface area contributed by atoms with Crippen molar-refractivity contribution in [1.29, 1.82) is 0 Å². The number of fused-ring (bicyclic) bond motifs is 2. The van der Waals surface area contributed by atoms with Crippen LogP contribution in [-0.2, 0) is 11.3 Å². The van der Waals surface area contributed by atoms with Crippen molar-refractivity contribution in [1.82, 2.24) is 4.98 Å². The number of para-hydroxylation sites is 2. The fraction of sp³-hybridized carbons (Fsp3) is 0.455. The van der Waals surface area contributed by atoms with Crippen molar-refractivity contribution in [3.05, 3.63) is 48.2 Å². The van der Waals surface area contributed by atoms with Crippen molar-refractivity contribution in [2.24, 2.45) is 11.8 Å². The SMILES string of the molecule is CCC[C@H]1CC[C@H](C(=O)N2Cc3cccnc3Nc3ccccc32)CC1. The summed E-state index contributed by atoms with van der Waals surface area (Å²) < 4.78 is 0. The second kappa shape index (κ2) is 7.48. The van der Waals surface area contributed by atoms with E-state index >= 15 is 0 Å². The molecule has 0 saturated heterocycles. The van der Waals surface area contributed by atoms with Crippen molar-refractivity contribution < 1.29 is 4.79 Å². The summed E-state index contributed by atoms with van der Waals surface area (Å²) in [4.78, 5) is 19.9. The molecule has 0 radical (unpaired) electrons. The predicted octanol–water partition coefficient (Wildman–Crippen LogP) is 5.28. The minimum atomic E-state index is 0.148. The van der Waals surface area contributed by atoms with E-state index in [0.29, 0.717) is 6.54 Å². The minimum Gasteiger partial charge on any atom is -0.338 e. The van der Waals surface area contributed by atoms with E-state index in [1.807, 2.05) is 35.2 Å². The molecule has 4 heteroatoms. The molecule has 26 heavy (non-hydrogen) atoms. The van der Waals surface area contributed by atoms with Gasteiger partial charge in [-0.15, -0.1) is 0 Å². The highest BCUT2D eigenvalue weighted by atomic mass is 16.2. The van der Waals surface area contributed by atoms with Gasteiger partial charge in [0.25, 0.3) is 0 Å². The quantitative estimate of drug-likeness (QED) is 0.820. The highest BCUT2D eigenvalue weighted by Gasteiger charge is 2.32. The molecule has 0 bridgehead atoms. The third-order valence-corrected chi connectivity index (χ3v) is 5.83. The Morgan fingerprint density at radius 1 is 1.15 bits per heavy atom. The number of anilines is 3. The smallest absolute Gasteiger partial charge is 0.230 e.